The van der Waals surface area contributed by atoms with Crippen LogP contribution in [0.5, 0.6) is 0 Å². The molecule has 31 heavy (non-hydrogen) atoms. The van der Waals surface area contributed by atoms with E-state index in [-0.39, 0.29) is 11.7 Å². The normalized spacial score (nSPS) is 15.4. The highest BCUT2D eigenvalue weighted by atomic mass is 32.2. The van der Waals surface area contributed by atoms with Gasteiger partial charge >= 0.3 is 0 Å². The quantitative estimate of drug-likeness (QED) is 0.432. The van der Waals surface area contributed by atoms with Crippen LogP contribution in [-0.4, -0.2) is 27.8 Å². The van der Waals surface area contributed by atoms with Gasteiger partial charge in [-0.05, 0) is 49.8 Å². The minimum atomic E-state index is -0.481. The van der Waals surface area contributed by atoms with Crippen molar-refractivity contribution in [2.45, 2.75) is 37.4 Å². The van der Waals surface area contributed by atoms with Crippen molar-refractivity contribution in [3.8, 4) is 0 Å². The summed E-state index contributed by atoms with van der Waals surface area (Å²) < 4.78 is 0.694. The SMILES string of the molecule is Cc1ccc(Nc2nnc(SCC(=O)Nc3sc4c(c3C(N)=O)CC[C@@H](C)C4)s2)cc1. The highest BCUT2D eigenvalue weighted by Gasteiger charge is 2.27. The van der Waals surface area contributed by atoms with Gasteiger partial charge in [-0.15, -0.1) is 21.5 Å². The van der Waals surface area contributed by atoms with Crippen LogP contribution in [0, 0.1) is 12.8 Å². The largest absolute Gasteiger partial charge is 0.365 e. The minimum absolute atomic E-state index is 0.177. The Morgan fingerprint density at radius 1 is 1.23 bits per heavy atom. The number of primary amides is 1. The van der Waals surface area contributed by atoms with Crippen LogP contribution in [0.2, 0.25) is 0 Å². The first-order valence-electron chi connectivity index (χ1n) is 9.93. The van der Waals surface area contributed by atoms with Crippen molar-refractivity contribution in [2.24, 2.45) is 11.7 Å². The molecule has 1 aliphatic carbocycles. The van der Waals surface area contributed by atoms with Gasteiger partial charge < -0.3 is 16.4 Å². The number of nitrogens with one attached hydrogen (secondary N) is 2. The first-order valence-corrected chi connectivity index (χ1v) is 12.5. The Morgan fingerprint density at radius 2 is 2.00 bits per heavy atom. The number of thioether (sulfide) groups is 1. The Labute approximate surface area is 192 Å². The number of carbonyl (C=O) groups excluding carboxylic acids is 2. The van der Waals surface area contributed by atoms with Crippen molar-refractivity contribution >= 4 is 62.1 Å². The fourth-order valence-corrected chi connectivity index (χ4v) is 6.47. The Kier molecular flexibility index (Phi) is 6.59. The topological polar surface area (TPSA) is 110 Å². The standard InChI is InChI=1S/C21H23N5O2S3/c1-11-3-6-13(7-4-11)23-20-25-26-21(31-20)29-10-16(27)24-19-17(18(22)28)14-8-5-12(2)9-15(14)30-19/h3-4,6-7,12H,5,8-10H2,1-2H3,(H2,22,28)(H,23,25)(H,24,27)/t12-/m1/s1. The maximum atomic E-state index is 12.5. The van der Waals surface area contributed by atoms with E-state index in [0.717, 1.165) is 35.4 Å². The Balaban J connectivity index is 1.36. The molecular formula is C21H23N5O2S3. The molecule has 1 aliphatic rings. The van der Waals surface area contributed by atoms with E-state index in [1.165, 1.54) is 40.0 Å². The predicted molar refractivity (Wildman–Crippen MR) is 128 cm³/mol. The number of amides is 2. The molecule has 0 radical (unpaired) electrons. The molecular weight excluding hydrogens is 450 g/mol. The second-order valence-electron chi connectivity index (χ2n) is 7.62. The van der Waals surface area contributed by atoms with Crippen LogP contribution in [0.15, 0.2) is 28.6 Å². The summed E-state index contributed by atoms with van der Waals surface area (Å²) in [6.45, 7) is 4.23. The number of hydrogen-bond acceptors (Lipinski definition) is 8. The molecule has 162 valence electrons. The summed E-state index contributed by atoms with van der Waals surface area (Å²) in [5.41, 5.74) is 9.23. The Bertz CT molecular complexity index is 1110. The van der Waals surface area contributed by atoms with E-state index in [9.17, 15) is 9.59 Å². The van der Waals surface area contributed by atoms with E-state index in [1.807, 2.05) is 31.2 Å². The average molecular weight is 474 g/mol. The lowest BCUT2D eigenvalue weighted by atomic mass is 9.88. The summed E-state index contributed by atoms with van der Waals surface area (Å²) >= 11 is 4.17. The van der Waals surface area contributed by atoms with Crippen LogP contribution in [0.25, 0.3) is 0 Å². The number of nitrogens with two attached hydrogens (primary N) is 1. The van der Waals surface area contributed by atoms with E-state index in [1.54, 1.807) is 0 Å². The molecule has 0 unspecified atom stereocenters. The molecule has 2 amide bonds. The summed E-state index contributed by atoms with van der Waals surface area (Å²) in [6.07, 6.45) is 2.78. The van der Waals surface area contributed by atoms with Gasteiger partial charge in [0.05, 0.1) is 11.3 Å². The highest BCUT2D eigenvalue weighted by molar-refractivity contribution is 8.01. The Morgan fingerprint density at radius 3 is 2.74 bits per heavy atom. The average Bonchev–Trinajstić information content (AvgIpc) is 3.31. The Hall–Kier alpha value is -2.43. The van der Waals surface area contributed by atoms with Crippen molar-refractivity contribution in [3.05, 3.63) is 45.8 Å². The number of rotatable bonds is 7. The molecule has 0 bridgehead atoms. The number of benzene rings is 1. The number of aromatic nitrogens is 2. The zero-order valence-corrected chi connectivity index (χ0v) is 19.7. The van der Waals surface area contributed by atoms with E-state index in [0.29, 0.717) is 26.0 Å². The third-order valence-electron chi connectivity index (χ3n) is 5.05. The predicted octanol–water partition coefficient (Wildman–Crippen LogP) is 4.61. The molecule has 4 rings (SSSR count). The van der Waals surface area contributed by atoms with Gasteiger partial charge in [-0.25, -0.2) is 0 Å². The van der Waals surface area contributed by atoms with Gasteiger partial charge in [0.2, 0.25) is 11.0 Å². The zero-order valence-electron chi connectivity index (χ0n) is 17.2. The number of aryl methyl sites for hydroxylation is 1. The smallest absolute Gasteiger partial charge is 0.251 e. The molecule has 4 N–H and O–H groups in total. The van der Waals surface area contributed by atoms with E-state index >= 15 is 0 Å². The van der Waals surface area contributed by atoms with Gasteiger partial charge in [-0.3, -0.25) is 9.59 Å². The number of hydrogen-bond donors (Lipinski definition) is 3. The van der Waals surface area contributed by atoms with Crippen molar-refractivity contribution < 1.29 is 9.59 Å². The monoisotopic (exact) mass is 473 g/mol. The molecule has 0 spiro atoms. The number of thiophene rings is 1. The van der Waals surface area contributed by atoms with Crippen molar-refractivity contribution in [3.63, 3.8) is 0 Å². The number of fused-ring (bicyclic) bond motifs is 1. The van der Waals surface area contributed by atoms with E-state index < -0.39 is 5.91 Å². The summed E-state index contributed by atoms with van der Waals surface area (Å²) in [7, 11) is 0. The van der Waals surface area contributed by atoms with Gasteiger partial charge in [0.1, 0.15) is 5.00 Å². The van der Waals surface area contributed by atoms with Crippen LogP contribution < -0.4 is 16.4 Å². The molecule has 0 saturated carbocycles. The summed E-state index contributed by atoms with van der Waals surface area (Å²) in [5, 5.41) is 15.6. The fourth-order valence-electron chi connectivity index (χ4n) is 3.47. The zero-order chi connectivity index (χ0) is 22.0. The molecule has 2 aromatic heterocycles. The maximum Gasteiger partial charge on any atom is 0.251 e. The summed E-state index contributed by atoms with van der Waals surface area (Å²) in [6, 6.07) is 8.00. The van der Waals surface area contributed by atoms with Gasteiger partial charge in [0, 0.05) is 10.6 Å². The van der Waals surface area contributed by atoms with Crippen LogP contribution in [0.4, 0.5) is 15.8 Å². The molecule has 3 aromatic rings. The lowest BCUT2D eigenvalue weighted by molar-refractivity contribution is -0.113. The fraction of sp³-hybridized carbons (Fsp3) is 0.333. The first-order chi connectivity index (χ1) is 14.9. The second-order valence-corrected chi connectivity index (χ2v) is 10.9. The minimum Gasteiger partial charge on any atom is -0.365 e. The first kappa shape index (κ1) is 21.8. The molecule has 2 heterocycles. The number of carbonyl (C=O) groups is 2. The van der Waals surface area contributed by atoms with Gasteiger partial charge in [0.15, 0.2) is 4.34 Å². The van der Waals surface area contributed by atoms with Gasteiger partial charge in [-0.1, -0.05) is 47.7 Å². The maximum absolute atomic E-state index is 12.5. The van der Waals surface area contributed by atoms with Crippen LogP contribution in [-0.2, 0) is 17.6 Å². The molecule has 0 aliphatic heterocycles. The number of nitrogens with zero attached hydrogens (tertiary/aromatic N) is 2. The third kappa shape index (κ3) is 5.25. The van der Waals surface area contributed by atoms with Crippen LogP contribution in [0.3, 0.4) is 0 Å². The van der Waals surface area contributed by atoms with Crippen molar-refractivity contribution in [2.75, 3.05) is 16.4 Å². The number of anilines is 3. The second kappa shape index (κ2) is 9.37. The lowest BCUT2D eigenvalue weighted by Gasteiger charge is -2.18. The molecule has 0 fully saturated rings. The molecule has 1 atom stereocenters. The third-order valence-corrected chi connectivity index (χ3v) is 8.19. The van der Waals surface area contributed by atoms with Crippen LogP contribution in [0.1, 0.15) is 39.7 Å². The van der Waals surface area contributed by atoms with E-state index in [4.69, 9.17) is 5.73 Å². The van der Waals surface area contributed by atoms with Gasteiger partial charge in [-0.2, -0.15) is 0 Å². The van der Waals surface area contributed by atoms with E-state index in [2.05, 4.69) is 27.8 Å². The molecule has 7 nitrogen and oxygen atoms in total. The summed E-state index contributed by atoms with van der Waals surface area (Å²) in [4.78, 5) is 25.7. The van der Waals surface area contributed by atoms with Crippen LogP contribution >= 0.6 is 34.4 Å². The molecule has 10 heteroatoms. The lowest BCUT2D eigenvalue weighted by Crippen LogP contribution is -2.20. The van der Waals surface area contributed by atoms with Crippen molar-refractivity contribution in [1.82, 2.24) is 10.2 Å². The highest BCUT2D eigenvalue weighted by Crippen LogP contribution is 2.39. The summed E-state index contributed by atoms with van der Waals surface area (Å²) in [5.74, 6) is 0.0792. The van der Waals surface area contributed by atoms with Crippen molar-refractivity contribution in [1.29, 1.82) is 0 Å². The molecule has 0 saturated heterocycles. The molecule has 1 aromatic carbocycles. The van der Waals surface area contributed by atoms with Gasteiger partial charge in [0.25, 0.3) is 5.91 Å².